The maximum Gasteiger partial charge on any atom is 0.308 e. The molecule has 0 spiro atoms. The van der Waals surface area contributed by atoms with E-state index in [4.69, 9.17) is 10.2 Å². The molecular weight excluding hydrogens is 194 g/mol. The molecule has 0 aromatic carbocycles. The zero-order valence-corrected chi connectivity index (χ0v) is 9.35. The van der Waals surface area contributed by atoms with E-state index in [-0.39, 0.29) is 18.4 Å². The molecule has 1 heterocycles. The molecule has 88 valence electrons. The van der Waals surface area contributed by atoms with Gasteiger partial charge in [0.1, 0.15) is 0 Å². The van der Waals surface area contributed by atoms with Crippen LogP contribution in [0, 0.1) is 11.8 Å². The van der Waals surface area contributed by atoms with Crippen molar-refractivity contribution in [2.45, 2.75) is 26.2 Å². The smallest absolute Gasteiger partial charge is 0.308 e. The zero-order chi connectivity index (χ0) is 11.3. The minimum Gasteiger partial charge on any atom is -0.481 e. The van der Waals surface area contributed by atoms with Crippen LogP contribution in [0.4, 0.5) is 0 Å². The van der Waals surface area contributed by atoms with Gasteiger partial charge >= 0.3 is 5.97 Å². The van der Waals surface area contributed by atoms with Crippen molar-refractivity contribution < 1.29 is 15.0 Å². The van der Waals surface area contributed by atoms with Gasteiger partial charge in [0.25, 0.3) is 0 Å². The molecule has 1 fully saturated rings. The summed E-state index contributed by atoms with van der Waals surface area (Å²) in [6.07, 6.45) is 2.94. The first-order chi connectivity index (χ1) is 7.15. The van der Waals surface area contributed by atoms with Crippen LogP contribution in [0.15, 0.2) is 0 Å². The summed E-state index contributed by atoms with van der Waals surface area (Å²) in [7, 11) is 0. The van der Waals surface area contributed by atoms with Crippen molar-refractivity contribution in [2.24, 2.45) is 11.8 Å². The van der Waals surface area contributed by atoms with E-state index in [1.807, 2.05) is 6.92 Å². The second-order valence-electron chi connectivity index (χ2n) is 4.47. The molecule has 0 aromatic rings. The van der Waals surface area contributed by atoms with Gasteiger partial charge in [0.2, 0.25) is 0 Å². The van der Waals surface area contributed by atoms with Crippen molar-refractivity contribution in [3.63, 3.8) is 0 Å². The molecule has 2 N–H and O–H groups in total. The second-order valence-corrected chi connectivity index (χ2v) is 4.47. The van der Waals surface area contributed by atoms with Gasteiger partial charge < -0.3 is 15.1 Å². The SMILES string of the molecule is C[C@@H]1CN(CCCCCO)C[C@H]1C(=O)O. The Labute approximate surface area is 90.9 Å². The Morgan fingerprint density at radius 1 is 1.33 bits per heavy atom. The number of carboxylic acids is 1. The van der Waals surface area contributed by atoms with Gasteiger partial charge in [-0.1, -0.05) is 6.92 Å². The Hall–Kier alpha value is -0.610. The van der Waals surface area contributed by atoms with Crippen LogP contribution in [0.25, 0.3) is 0 Å². The van der Waals surface area contributed by atoms with E-state index in [2.05, 4.69) is 4.90 Å². The van der Waals surface area contributed by atoms with E-state index < -0.39 is 5.97 Å². The molecule has 1 rings (SSSR count). The Bertz CT molecular complexity index is 208. The maximum atomic E-state index is 10.9. The second kappa shape index (κ2) is 6.08. The lowest BCUT2D eigenvalue weighted by atomic mass is 9.99. The van der Waals surface area contributed by atoms with Crippen molar-refractivity contribution in [2.75, 3.05) is 26.2 Å². The van der Waals surface area contributed by atoms with Gasteiger partial charge in [-0.3, -0.25) is 4.79 Å². The molecule has 1 aliphatic rings. The summed E-state index contributed by atoms with van der Waals surface area (Å²) in [5, 5.41) is 17.6. The monoisotopic (exact) mass is 215 g/mol. The number of aliphatic hydroxyl groups excluding tert-OH is 1. The number of hydrogen-bond donors (Lipinski definition) is 2. The van der Waals surface area contributed by atoms with Gasteiger partial charge in [0.15, 0.2) is 0 Å². The molecule has 1 aliphatic heterocycles. The summed E-state index contributed by atoms with van der Waals surface area (Å²) in [5.74, 6) is -0.594. The van der Waals surface area contributed by atoms with Crippen molar-refractivity contribution in [1.29, 1.82) is 0 Å². The first-order valence-electron chi connectivity index (χ1n) is 5.71. The van der Waals surface area contributed by atoms with Crippen LogP contribution in [-0.2, 0) is 4.79 Å². The van der Waals surface area contributed by atoms with E-state index in [1.54, 1.807) is 0 Å². The molecule has 0 aromatic heterocycles. The molecule has 4 nitrogen and oxygen atoms in total. The quantitative estimate of drug-likeness (QED) is 0.643. The maximum absolute atomic E-state index is 10.9. The lowest BCUT2D eigenvalue weighted by Crippen LogP contribution is -2.24. The summed E-state index contributed by atoms with van der Waals surface area (Å²) in [4.78, 5) is 13.1. The number of nitrogens with zero attached hydrogens (tertiary/aromatic N) is 1. The predicted molar refractivity (Wildman–Crippen MR) is 57.7 cm³/mol. The highest BCUT2D eigenvalue weighted by atomic mass is 16.4. The Kier molecular flexibility index (Phi) is 5.05. The number of unbranched alkanes of at least 4 members (excludes halogenated alkanes) is 2. The largest absolute Gasteiger partial charge is 0.481 e. The van der Waals surface area contributed by atoms with Crippen molar-refractivity contribution in [1.82, 2.24) is 4.90 Å². The van der Waals surface area contributed by atoms with E-state index in [9.17, 15) is 4.79 Å². The topological polar surface area (TPSA) is 60.8 Å². The molecule has 2 atom stereocenters. The van der Waals surface area contributed by atoms with E-state index in [0.717, 1.165) is 32.4 Å². The number of hydrogen-bond acceptors (Lipinski definition) is 3. The Balaban J connectivity index is 2.20. The average Bonchev–Trinajstić information content (AvgIpc) is 2.55. The number of rotatable bonds is 6. The van der Waals surface area contributed by atoms with E-state index in [1.165, 1.54) is 0 Å². The minimum absolute atomic E-state index is 0.192. The third-order valence-corrected chi connectivity index (χ3v) is 3.14. The highest BCUT2D eigenvalue weighted by Crippen LogP contribution is 2.23. The molecule has 0 bridgehead atoms. The van der Waals surface area contributed by atoms with Gasteiger partial charge in [0, 0.05) is 19.7 Å². The number of carbonyl (C=O) groups is 1. The van der Waals surface area contributed by atoms with Crippen LogP contribution < -0.4 is 0 Å². The molecule has 15 heavy (non-hydrogen) atoms. The predicted octanol–water partition coefficient (Wildman–Crippen LogP) is 0.802. The lowest BCUT2D eigenvalue weighted by Gasteiger charge is -2.14. The number of carboxylic acid groups (broad SMARTS) is 1. The molecule has 0 radical (unpaired) electrons. The molecule has 4 heteroatoms. The zero-order valence-electron chi connectivity index (χ0n) is 9.35. The summed E-state index contributed by atoms with van der Waals surface area (Å²) < 4.78 is 0. The van der Waals surface area contributed by atoms with E-state index >= 15 is 0 Å². The number of aliphatic hydroxyl groups is 1. The summed E-state index contributed by atoms with van der Waals surface area (Å²) in [5.41, 5.74) is 0. The van der Waals surface area contributed by atoms with Crippen LogP contribution in [0.5, 0.6) is 0 Å². The molecule has 0 unspecified atom stereocenters. The van der Waals surface area contributed by atoms with E-state index in [0.29, 0.717) is 6.54 Å². The van der Waals surface area contributed by atoms with Crippen LogP contribution in [0.2, 0.25) is 0 Å². The average molecular weight is 215 g/mol. The van der Waals surface area contributed by atoms with Crippen LogP contribution in [0.1, 0.15) is 26.2 Å². The molecule has 0 saturated carbocycles. The standard InChI is InChI=1S/C11H21NO3/c1-9-7-12(5-3-2-4-6-13)8-10(9)11(14)15/h9-10,13H,2-8H2,1H3,(H,14,15)/t9-,10-/m1/s1. The van der Waals surface area contributed by atoms with Crippen LogP contribution in [0.3, 0.4) is 0 Å². The fraction of sp³-hybridized carbons (Fsp3) is 0.909. The van der Waals surface area contributed by atoms with Gasteiger partial charge in [-0.25, -0.2) is 0 Å². The fourth-order valence-corrected chi connectivity index (χ4v) is 2.20. The molecule has 0 amide bonds. The normalized spacial score (nSPS) is 27.1. The van der Waals surface area contributed by atoms with Crippen molar-refractivity contribution in [3.05, 3.63) is 0 Å². The first kappa shape index (κ1) is 12.5. The van der Waals surface area contributed by atoms with Crippen molar-refractivity contribution >= 4 is 5.97 Å². The fourth-order valence-electron chi connectivity index (χ4n) is 2.20. The van der Waals surface area contributed by atoms with Gasteiger partial charge in [-0.2, -0.15) is 0 Å². The minimum atomic E-state index is -0.666. The third kappa shape index (κ3) is 3.80. The lowest BCUT2D eigenvalue weighted by molar-refractivity contribution is -0.142. The summed E-state index contributed by atoms with van der Waals surface area (Å²) >= 11 is 0. The van der Waals surface area contributed by atoms with Gasteiger partial charge in [-0.15, -0.1) is 0 Å². The van der Waals surface area contributed by atoms with Crippen LogP contribution in [-0.4, -0.2) is 47.3 Å². The van der Waals surface area contributed by atoms with Crippen LogP contribution >= 0.6 is 0 Å². The summed E-state index contributed by atoms with van der Waals surface area (Å²) in [6, 6.07) is 0. The molecular formula is C11H21NO3. The highest BCUT2D eigenvalue weighted by molar-refractivity contribution is 5.71. The Morgan fingerprint density at radius 3 is 2.60 bits per heavy atom. The Morgan fingerprint density at radius 2 is 2.07 bits per heavy atom. The molecule has 0 aliphatic carbocycles. The molecule has 1 saturated heterocycles. The van der Waals surface area contributed by atoms with Gasteiger partial charge in [-0.05, 0) is 31.7 Å². The van der Waals surface area contributed by atoms with Crippen molar-refractivity contribution in [3.8, 4) is 0 Å². The van der Waals surface area contributed by atoms with Gasteiger partial charge in [0.05, 0.1) is 5.92 Å². The highest BCUT2D eigenvalue weighted by Gasteiger charge is 2.33. The first-order valence-corrected chi connectivity index (χ1v) is 5.71. The summed E-state index contributed by atoms with van der Waals surface area (Å²) in [6.45, 7) is 4.82. The third-order valence-electron chi connectivity index (χ3n) is 3.14. The number of aliphatic carboxylic acids is 1. The number of likely N-dealkylation sites (tertiary alicyclic amines) is 1.